The van der Waals surface area contributed by atoms with E-state index in [0.717, 1.165) is 29.1 Å². The van der Waals surface area contributed by atoms with Crippen molar-refractivity contribution in [1.82, 2.24) is 0 Å². The lowest BCUT2D eigenvalue weighted by atomic mass is 9.71. The Morgan fingerprint density at radius 3 is 1.95 bits per heavy atom. The maximum Gasteiger partial charge on any atom is 0.0464 e. The summed E-state index contributed by atoms with van der Waals surface area (Å²) in [7, 11) is 0. The zero-order valence-corrected chi connectivity index (χ0v) is 25.2. The molecule has 2 saturated carbocycles. The van der Waals surface area contributed by atoms with E-state index in [0.29, 0.717) is 5.41 Å². The van der Waals surface area contributed by atoms with Crippen LogP contribution in [0.3, 0.4) is 0 Å². The Morgan fingerprint density at radius 1 is 0.535 bits per heavy atom. The lowest BCUT2D eigenvalue weighted by molar-refractivity contribution is 0.367. The van der Waals surface area contributed by atoms with Crippen molar-refractivity contribution >= 4 is 32.9 Å². The van der Waals surface area contributed by atoms with Crippen molar-refractivity contribution in [2.45, 2.75) is 44.9 Å². The van der Waals surface area contributed by atoms with Gasteiger partial charge in [-0.1, -0.05) is 123 Å². The quantitative estimate of drug-likeness (QED) is 0.222. The zero-order chi connectivity index (χ0) is 29.0. The highest BCUT2D eigenvalue weighted by atomic mass is 14.9. The van der Waals surface area contributed by atoms with Crippen LogP contribution in [0.15, 0.2) is 127 Å². The molecule has 6 aromatic carbocycles. The molecular formula is C42H39N. The molecule has 0 heterocycles. The van der Waals surface area contributed by atoms with E-state index in [1.54, 1.807) is 5.56 Å². The topological polar surface area (TPSA) is 12.0 Å². The molecule has 8 rings (SSSR count). The number of rotatable bonds is 5. The molecule has 1 heteroatoms. The monoisotopic (exact) mass is 557 g/mol. The molecule has 43 heavy (non-hydrogen) atoms. The van der Waals surface area contributed by atoms with Crippen LogP contribution in [-0.4, -0.2) is 0 Å². The van der Waals surface area contributed by atoms with Crippen LogP contribution in [0, 0.1) is 17.8 Å². The highest BCUT2D eigenvalue weighted by Gasteiger charge is 2.52. The van der Waals surface area contributed by atoms with E-state index >= 15 is 0 Å². The number of benzene rings is 6. The summed E-state index contributed by atoms with van der Waals surface area (Å²) in [5.41, 5.74) is 9.22. The molecule has 0 radical (unpaired) electrons. The molecule has 6 aromatic rings. The van der Waals surface area contributed by atoms with Crippen molar-refractivity contribution in [3.05, 3.63) is 133 Å². The average Bonchev–Trinajstić information content (AvgIpc) is 3.51. The molecule has 0 amide bonds. The Kier molecular flexibility index (Phi) is 6.37. The lowest BCUT2D eigenvalue weighted by Gasteiger charge is -2.32. The molecule has 2 aliphatic carbocycles. The van der Waals surface area contributed by atoms with Crippen molar-refractivity contribution in [3.63, 3.8) is 0 Å². The molecule has 0 aliphatic heterocycles. The maximum absolute atomic E-state index is 3.73. The van der Waals surface area contributed by atoms with Crippen LogP contribution in [-0.2, 0) is 5.41 Å². The van der Waals surface area contributed by atoms with Crippen molar-refractivity contribution in [2.75, 3.05) is 5.32 Å². The molecule has 0 spiro atoms. The first-order valence-corrected chi connectivity index (χ1v) is 16.1. The van der Waals surface area contributed by atoms with Crippen molar-refractivity contribution < 1.29 is 0 Å². The molecule has 0 bridgehead atoms. The molecule has 0 saturated heterocycles. The SMILES string of the molecule is CC1CC2CC(C)CC2(c2ccc(-c3ccc(Nc4ccccc4-c4cccc5ccccc45)cc3)c3ccccc23)C1. The minimum absolute atomic E-state index is 0.349. The van der Waals surface area contributed by atoms with Gasteiger partial charge >= 0.3 is 0 Å². The predicted molar refractivity (Wildman–Crippen MR) is 184 cm³/mol. The van der Waals surface area contributed by atoms with Gasteiger partial charge in [0.2, 0.25) is 0 Å². The van der Waals surface area contributed by atoms with Crippen molar-refractivity contribution in [2.24, 2.45) is 17.8 Å². The summed E-state index contributed by atoms with van der Waals surface area (Å²) >= 11 is 0. The molecule has 1 N–H and O–H groups in total. The Balaban J connectivity index is 1.14. The highest BCUT2D eigenvalue weighted by Crippen LogP contribution is 2.60. The first-order chi connectivity index (χ1) is 21.1. The summed E-state index contributed by atoms with van der Waals surface area (Å²) < 4.78 is 0. The van der Waals surface area contributed by atoms with Gasteiger partial charge in [-0.15, -0.1) is 0 Å². The molecule has 2 atom stereocenters. The minimum Gasteiger partial charge on any atom is -0.355 e. The van der Waals surface area contributed by atoms with Gasteiger partial charge in [-0.05, 0) is 111 Å². The van der Waals surface area contributed by atoms with E-state index < -0.39 is 0 Å². The highest BCUT2D eigenvalue weighted by molar-refractivity contribution is 6.01. The third-order valence-corrected chi connectivity index (χ3v) is 10.5. The van der Waals surface area contributed by atoms with Gasteiger partial charge in [0.1, 0.15) is 0 Å². The van der Waals surface area contributed by atoms with Gasteiger partial charge in [0.25, 0.3) is 0 Å². The van der Waals surface area contributed by atoms with Crippen LogP contribution in [0.5, 0.6) is 0 Å². The van der Waals surface area contributed by atoms with E-state index in [1.807, 2.05) is 0 Å². The number of fused-ring (bicyclic) bond motifs is 3. The first kappa shape index (κ1) is 26.3. The second-order valence-electron chi connectivity index (χ2n) is 13.4. The Labute approximate surface area is 255 Å². The van der Waals surface area contributed by atoms with Gasteiger partial charge in [0.15, 0.2) is 0 Å². The van der Waals surface area contributed by atoms with Crippen LogP contribution in [0.1, 0.15) is 45.1 Å². The van der Waals surface area contributed by atoms with Gasteiger partial charge in [-0.25, -0.2) is 0 Å². The van der Waals surface area contributed by atoms with E-state index in [4.69, 9.17) is 0 Å². The fourth-order valence-corrected chi connectivity index (χ4v) is 8.95. The molecular weight excluding hydrogens is 518 g/mol. The summed E-state index contributed by atoms with van der Waals surface area (Å²) in [4.78, 5) is 0. The maximum atomic E-state index is 3.73. The number of para-hydroxylation sites is 1. The summed E-state index contributed by atoms with van der Waals surface area (Å²) in [6, 6.07) is 46.9. The molecule has 212 valence electrons. The van der Waals surface area contributed by atoms with E-state index in [1.165, 1.54) is 69.5 Å². The molecule has 1 nitrogen and oxygen atoms in total. The standard InChI is InChI=1S/C42H39N/c1-28-24-32-25-29(2)27-42(32,26-28)40-23-22-35(36-13-5-6-14-38(36)40)31-18-20-33(21-19-31)43-41-17-8-7-15-39(41)37-16-9-11-30-10-3-4-12-34(30)37/h3-23,28-29,32,43H,24-27H2,1-2H3. The predicted octanol–water partition coefficient (Wildman–Crippen LogP) is 11.8. The van der Waals surface area contributed by atoms with Crippen LogP contribution < -0.4 is 5.32 Å². The number of anilines is 2. The van der Waals surface area contributed by atoms with E-state index in [9.17, 15) is 0 Å². The van der Waals surface area contributed by atoms with Crippen LogP contribution in [0.2, 0.25) is 0 Å². The van der Waals surface area contributed by atoms with Gasteiger partial charge in [0, 0.05) is 16.9 Å². The largest absolute Gasteiger partial charge is 0.355 e. The molecule has 2 unspecified atom stereocenters. The van der Waals surface area contributed by atoms with Crippen LogP contribution in [0.25, 0.3) is 43.8 Å². The zero-order valence-electron chi connectivity index (χ0n) is 25.2. The normalized spacial score (nSPS) is 23.1. The van der Waals surface area contributed by atoms with E-state index in [-0.39, 0.29) is 0 Å². The Morgan fingerprint density at radius 2 is 1.16 bits per heavy atom. The third kappa shape index (κ3) is 4.45. The van der Waals surface area contributed by atoms with Crippen molar-refractivity contribution in [1.29, 1.82) is 0 Å². The molecule has 2 fully saturated rings. The third-order valence-electron chi connectivity index (χ3n) is 10.5. The molecule has 2 aliphatic rings. The van der Waals surface area contributed by atoms with E-state index in [2.05, 4.69) is 147 Å². The Hall–Kier alpha value is -4.36. The number of nitrogens with one attached hydrogen (secondary N) is 1. The molecule has 0 aromatic heterocycles. The van der Waals surface area contributed by atoms with Gasteiger partial charge in [-0.3, -0.25) is 0 Å². The average molecular weight is 558 g/mol. The van der Waals surface area contributed by atoms with Gasteiger partial charge in [-0.2, -0.15) is 0 Å². The number of hydrogen-bond acceptors (Lipinski definition) is 1. The van der Waals surface area contributed by atoms with Gasteiger partial charge < -0.3 is 5.32 Å². The second-order valence-corrected chi connectivity index (χ2v) is 13.4. The summed E-state index contributed by atoms with van der Waals surface area (Å²) in [5, 5.41) is 9.11. The second kappa shape index (κ2) is 10.4. The van der Waals surface area contributed by atoms with Crippen LogP contribution >= 0.6 is 0 Å². The lowest BCUT2D eigenvalue weighted by Crippen LogP contribution is -2.26. The minimum atomic E-state index is 0.349. The van der Waals surface area contributed by atoms with Crippen LogP contribution in [0.4, 0.5) is 11.4 Å². The van der Waals surface area contributed by atoms with Crippen molar-refractivity contribution in [3.8, 4) is 22.3 Å². The number of hydrogen-bond donors (Lipinski definition) is 1. The first-order valence-electron chi connectivity index (χ1n) is 16.1. The smallest absolute Gasteiger partial charge is 0.0464 e. The Bertz CT molecular complexity index is 1930. The summed E-state index contributed by atoms with van der Waals surface area (Å²) in [6.45, 7) is 4.94. The fraction of sp³-hybridized carbons (Fsp3) is 0.238. The summed E-state index contributed by atoms with van der Waals surface area (Å²) in [5.74, 6) is 2.47. The summed E-state index contributed by atoms with van der Waals surface area (Å²) in [6.07, 6.45) is 5.45. The fourth-order valence-electron chi connectivity index (χ4n) is 8.95. The van der Waals surface area contributed by atoms with Gasteiger partial charge in [0.05, 0.1) is 0 Å².